The molecular formula is C14H23N3O16P2. The number of aromatic nitrogens is 2. The van der Waals surface area contributed by atoms with Crippen molar-refractivity contribution in [2.75, 3.05) is 12.3 Å². The second-order valence-electron chi connectivity index (χ2n) is 7.35. The number of aliphatic hydroxyl groups excluding tert-OH is 6. The van der Waals surface area contributed by atoms with Crippen LogP contribution in [0.3, 0.4) is 0 Å². The van der Waals surface area contributed by atoms with Crippen molar-refractivity contribution in [3.63, 3.8) is 0 Å². The van der Waals surface area contributed by atoms with E-state index in [1.807, 2.05) is 0 Å². The lowest BCUT2D eigenvalue weighted by Gasteiger charge is -2.39. The monoisotopic (exact) mass is 551 g/mol. The fourth-order valence-corrected chi connectivity index (χ4v) is 5.38. The van der Waals surface area contributed by atoms with E-state index in [4.69, 9.17) is 20.3 Å². The molecule has 200 valence electrons. The molecule has 21 heteroatoms. The largest absolute Gasteiger partial charge is 0.483 e. The van der Waals surface area contributed by atoms with Crippen LogP contribution in [0.1, 0.15) is 6.23 Å². The molecule has 0 spiro atoms. The molecule has 0 saturated carbocycles. The van der Waals surface area contributed by atoms with Crippen LogP contribution in [0, 0.1) is 0 Å². The zero-order valence-corrected chi connectivity index (χ0v) is 19.1. The van der Waals surface area contributed by atoms with E-state index < -0.39 is 83.4 Å². The second-order valence-corrected chi connectivity index (χ2v) is 10.3. The molecule has 0 aromatic carbocycles. The number of ether oxygens (including phenoxy) is 2. The molecule has 10 N–H and O–H groups in total. The van der Waals surface area contributed by atoms with Gasteiger partial charge in [0.15, 0.2) is 18.8 Å². The van der Waals surface area contributed by atoms with Crippen molar-refractivity contribution < 1.29 is 72.4 Å². The van der Waals surface area contributed by atoms with Crippen molar-refractivity contribution in [3.05, 3.63) is 22.7 Å². The number of nitrogen functional groups attached to an aromatic ring is 1. The molecule has 0 amide bonds. The predicted octanol–water partition coefficient (Wildman–Crippen LogP) is -4.55. The van der Waals surface area contributed by atoms with Gasteiger partial charge >= 0.3 is 21.3 Å². The fraction of sp³-hybridized carbons (Fsp3) is 0.714. The summed E-state index contributed by atoms with van der Waals surface area (Å²) in [5.41, 5.74) is 4.33. The van der Waals surface area contributed by atoms with E-state index in [2.05, 4.69) is 18.3 Å². The first-order valence-corrected chi connectivity index (χ1v) is 12.6. The van der Waals surface area contributed by atoms with Gasteiger partial charge in [-0.3, -0.25) is 13.6 Å². The zero-order chi connectivity index (χ0) is 26.3. The summed E-state index contributed by atoms with van der Waals surface area (Å²) >= 11 is 0. The number of rotatable bonds is 8. The number of phosphoric acid groups is 2. The molecule has 1 aromatic heterocycles. The van der Waals surface area contributed by atoms with Crippen molar-refractivity contribution in [1.82, 2.24) is 9.55 Å². The van der Waals surface area contributed by atoms with E-state index in [-0.39, 0.29) is 5.82 Å². The van der Waals surface area contributed by atoms with Gasteiger partial charge in [0.1, 0.15) is 42.4 Å². The van der Waals surface area contributed by atoms with Gasteiger partial charge in [0.05, 0.1) is 6.61 Å². The Morgan fingerprint density at radius 2 is 1.49 bits per heavy atom. The minimum Gasteiger partial charge on any atom is -0.394 e. The molecule has 2 aliphatic rings. The maximum absolute atomic E-state index is 12.2. The van der Waals surface area contributed by atoms with Crippen LogP contribution in [-0.4, -0.2) is 106 Å². The summed E-state index contributed by atoms with van der Waals surface area (Å²) in [7, 11) is -11.3. The number of phosphoric ester groups is 2. The molecule has 0 aliphatic carbocycles. The van der Waals surface area contributed by atoms with Crippen LogP contribution in [0.5, 0.6) is 0 Å². The van der Waals surface area contributed by atoms with Crippen LogP contribution in [0.25, 0.3) is 0 Å². The first-order valence-electron chi connectivity index (χ1n) is 9.56. The van der Waals surface area contributed by atoms with Crippen LogP contribution in [0.2, 0.25) is 0 Å². The lowest BCUT2D eigenvalue weighted by Crippen LogP contribution is -2.58. The average molecular weight is 551 g/mol. The summed E-state index contributed by atoms with van der Waals surface area (Å²) < 4.78 is 47.9. The fourth-order valence-electron chi connectivity index (χ4n) is 3.15. The van der Waals surface area contributed by atoms with Gasteiger partial charge in [0.2, 0.25) is 0 Å². The molecule has 11 unspecified atom stereocenters. The lowest BCUT2D eigenvalue weighted by atomic mass is 10.00. The third kappa shape index (κ3) is 6.31. The SMILES string of the molecule is Nc1ccn(C2OC(OP(=O)(O)OP(=O)(O)OC3OC(CO)C(O)C(O)C3O)C(O)C2O)c(=O)n1. The van der Waals surface area contributed by atoms with Crippen LogP contribution in [0.4, 0.5) is 5.82 Å². The minimum absolute atomic E-state index is 0.168. The summed E-state index contributed by atoms with van der Waals surface area (Å²) in [5, 5.41) is 58.5. The molecule has 0 bridgehead atoms. The highest BCUT2D eigenvalue weighted by Gasteiger charge is 2.51. The number of hydrogen-bond donors (Lipinski definition) is 9. The molecule has 2 saturated heterocycles. The Kier molecular flexibility index (Phi) is 8.49. The summed E-state index contributed by atoms with van der Waals surface area (Å²) in [4.78, 5) is 35.0. The Morgan fingerprint density at radius 1 is 0.943 bits per heavy atom. The van der Waals surface area contributed by atoms with Gasteiger partial charge in [0, 0.05) is 6.20 Å². The van der Waals surface area contributed by atoms with E-state index >= 15 is 0 Å². The summed E-state index contributed by atoms with van der Waals surface area (Å²) in [5.74, 6) is -0.168. The molecule has 3 heterocycles. The second kappa shape index (κ2) is 10.5. The number of anilines is 1. The van der Waals surface area contributed by atoms with Crippen LogP contribution < -0.4 is 11.4 Å². The number of aliphatic hydroxyl groups is 6. The number of hydrogen-bond acceptors (Lipinski definition) is 16. The van der Waals surface area contributed by atoms with E-state index in [0.717, 1.165) is 12.3 Å². The van der Waals surface area contributed by atoms with E-state index in [9.17, 15) is 49.2 Å². The molecule has 35 heavy (non-hydrogen) atoms. The maximum Gasteiger partial charge on any atom is 0.483 e. The standard InChI is InChI=1S/C14H23N3O16P2/c15-5-1-2-17(14(24)16-5)11-8(21)10(23)13(30-11)32-35(27,28)33-34(25,26)31-12-9(22)7(20)6(19)4(3-18)29-12/h1-2,4,6-13,18-23H,3H2,(H,25,26)(H,27,28)(H2,15,16,24). The molecule has 11 atom stereocenters. The van der Waals surface area contributed by atoms with E-state index in [1.54, 1.807) is 0 Å². The summed E-state index contributed by atoms with van der Waals surface area (Å²) in [6.07, 6.45) is -16.5. The zero-order valence-electron chi connectivity index (χ0n) is 17.3. The topological polar surface area (TPSA) is 303 Å². The summed E-state index contributed by atoms with van der Waals surface area (Å²) in [6.45, 7) is -0.907. The third-order valence-electron chi connectivity index (χ3n) is 4.85. The summed E-state index contributed by atoms with van der Waals surface area (Å²) in [6, 6.07) is 1.15. The molecule has 1 aromatic rings. The van der Waals surface area contributed by atoms with Gasteiger partial charge < -0.3 is 55.6 Å². The Hall–Kier alpha value is -1.38. The van der Waals surface area contributed by atoms with Gasteiger partial charge in [-0.05, 0) is 6.07 Å². The Morgan fingerprint density at radius 3 is 2.03 bits per heavy atom. The Bertz CT molecular complexity index is 1050. The normalized spacial score (nSPS) is 39.1. The maximum atomic E-state index is 12.2. The van der Waals surface area contributed by atoms with Crippen molar-refractivity contribution in [3.8, 4) is 0 Å². The highest BCUT2D eigenvalue weighted by atomic mass is 31.3. The highest BCUT2D eigenvalue weighted by molar-refractivity contribution is 7.61. The van der Waals surface area contributed by atoms with Crippen molar-refractivity contribution in [2.24, 2.45) is 0 Å². The van der Waals surface area contributed by atoms with Crippen LogP contribution >= 0.6 is 15.6 Å². The third-order valence-corrected chi connectivity index (χ3v) is 7.45. The first kappa shape index (κ1) is 28.2. The van der Waals surface area contributed by atoms with Crippen molar-refractivity contribution in [2.45, 2.75) is 55.4 Å². The van der Waals surface area contributed by atoms with E-state index in [1.165, 1.54) is 0 Å². The Balaban J connectivity index is 1.68. The number of nitrogens with zero attached hydrogens (tertiary/aromatic N) is 2. The predicted molar refractivity (Wildman–Crippen MR) is 106 cm³/mol. The molecule has 0 radical (unpaired) electrons. The van der Waals surface area contributed by atoms with Gasteiger partial charge in [-0.2, -0.15) is 9.29 Å². The molecule has 3 rings (SSSR count). The van der Waals surface area contributed by atoms with Gasteiger partial charge in [-0.15, -0.1) is 0 Å². The van der Waals surface area contributed by atoms with Crippen molar-refractivity contribution >= 4 is 21.5 Å². The molecule has 2 fully saturated rings. The number of nitrogens with two attached hydrogens (primary N) is 1. The van der Waals surface area contributed by atoms with Gasteiger partial charge in [-0.1, -0.05) is 0 Å². The minimum atomic E-state index is -5.66. The van der Waals surface area contributed by atoms with Gasteiger partial charge in [0.25, 0.3) is 0 Å². The highest BCUT2D eigenvalue weighted by Crippen LogP contribution is 2.62. The van der Waals surface area contributed by atoms with Crippen LogP contribution in [-0.2, 0) is 32.0 Å². The first-order chi connectivity index (χ1) is 16.2. The molecule has 19 nitrogen and oxygen atoms in total. The van der Waals surface area contributed by atoms with E-state index in [0.29, 0.717) is 4.57 Å². The Labute approximate surface area is 194 Å². The quantitative estimate of drug-likeness (QED) is 0.137. The molecular weight excluding hydrogens is 528 g/mol. The lowest BCUT2D eigenvalue weighted by molar-refractivity contribution is -0.280. The van der Waals surface area contributed by atoms with Crippen LogP contribution in [0.15, 0.2) is 17.1 Å². The van der Waals surface area contributed by atoms with Crippen molar-refractivity contribution in [1.29, 1.82) is 0 Å². The van der Waals surface area contributed by atoms with Gasteiger partial charge in [-0.25, -0.2) is 13.9 Å². The smallest absolute Gasteiger partial charge is 0.394 e. The average Bonchev–Trinajstić information content (AvgIpc) is 3.01. The molecule has 2 aliphatic heterocycles.